The topological polar surface area (TPSA) is 0 Å². The molecular formula is C26H46. The SMILES string of the molecule is CC1CCC(c2ccc(C3CCC(C4CCC(C)CC4)CC3)cc2)CC1.[HH].[HH].[HH]. The Balaban J connectivity index is 0.00000140. The molecule has 1 aromatic rings. The number of benzene rings is 1. The Morgan fingerprint density at radius 2 is 0.808 bits per heavy atom. The third kappa shape index (κ3) is 4.37. The maximum atomic E-state index is 2.49. The fraction of sp³-hybridized carbons (Fsp3) is 0.769. The molecule has 0 amide bonds. The van der Waals surface area contributed by atoms with Gasteiger partial charge >= 0.3 is 0 Å². The minimum absolute atomic E-state index is 0. The zero-order valence-corrected chi connectivity index (χ0v) is 17.3. The Hall–Kier alpha value is -0.780. The van der Waals surface area contributed by atoms with Crippen LogP contribution in [0.25, 0.3) is 0 Å². The number of rotatable bonds is 3. The van der Waals surface area contributed by atoms with Crippen LogP contribution in [0.15, 0.2) is 24.3 Å². The van der Waals surface area contributed by atoms with Gasteiger partial charge in [-0.15, -0.1) is 0 Å². The van der Waals surface area contributed by atoms with Crippen LogP contribution < -0.4 is 0 Å². The van der Waals surface area contributed by atoms with Crippen LogP contribution in [-0.4, -0.2) is 0 Å². The van der Waals surface area contributed by atoms with Gasteiger partial charge in [0.15, 0.2) is 0 Å². The minimum Gasteiger partial charge on any atom is -0.0625 e. The van der Waals surface area contributed by atoms with Gasteiger partial charge in [-0.1, -0.05) is 63.8 Å². The Morgan fingerprint density at radius 3 is 1.23 bits per heavy atom. The van der Waals surface area contributed by atoms with Crippen LogP contribution in [0, 0.1) is 23.7 Å². The smallest absolute Gasteiger partial charge is 0 e. The maximum Gasteiger partial charge on any atom is 0 e. The molecule has 0 aliphatic heterocycles. The predicted molar refractivity (Wildman–Crippen MR) is 119 cm³/mol. The van der Waals surface area contributed by atoms with Crippen molar-refractivity contribution in [2.75, 3.05) is 0 Å². The van der Waals surface area contributed by atoms with Crippen molar-refractivity contribution in [3.63, 3.8) is 0 Å². The fourth-order valence-electron chi connectivity index (χ4n) is 6.31. The van der Waals surface area contributed by atoms with E-state index in [-0.39, 0.29) is 4.28 Å². The molecule has 0 heterocycles. The zero-order chi connectivity index (χ0) is 17.9. The highest BCUT2D eigenvalue weighted by Gasteiger charge is 2.30. The third-order valence-corrected chi connectivity index (χ3v) is 8.39. The molecule has 0 spiro atoms. The van der Waals surface area contributed by atoms with Gasteiger partial charge in [0.1, 0.15) is 0 Å². The molecule has 0 radical (unpaired) electrons. The Kier molecular flexibility index (Phi) is 6.07. The van der Waals surface area contributed by atoms with E-state index in [0.717, 1.165) is 35.5 Å². The van der Waals surface area contributed by atoms with Crippen LogP contribution in [0.2, 0.25) is 0 Å². The van der Waals surface area contributed by atoms with Crippen molar-refractivity contribution in [2.45, 2.75) is 103 Å². The van der Waals surface area contributed by atoms with Crippen LogP contribution in [0.5, 0.6) is 0 Å². The molecule has 3 saturated carbocycles. The molecule has 3 aliphatic rings. The van der Waals surface area contributed by atoms with Crippen LogP contribution in [-0.2, 0) is 0 Å². The molecule has 0 heteroatoms. The van der Waals surface area contributed by atoms with Crippen LogP contribution in [0.3, 0.4) is 0 Å². The van der Waals surface area contributed by atoms with Gasteiger partial charge in [-0.05, 0) is 98.0 Å². The van der Waals surface area contributed by atoms with E-state index >= 15 is 0 Å². The lowest BCUT2D eigenvalue weighted by atomic mass is 9.68. The largest absolute Gasteiger partial charge is 0.0625 e. The van der Waals surface area contributed by atoms with E-state index in [9.17, 15) is 0 Å². The first-order chi connectivity index (χ1) is 12.7. The standard InChI is InChI=1S/C26H40.3H2/c1-19-3-7-21(8-4-19)23-11-15-25(16-12-23)26-17-13-24(14-18-26)22-9-5-20(2)6-10-22;;;/h11-12,15-16,19-22,24,26H,3-10,13-14,17-18H2,1-2H3;3*1H. The van der Waals surface area contributed by atoms with Crippen LogP contribution in [0.1, 0.15) is 118 Å². The van der Waals surface area contributed by atoms with Crippen molar-refractivity contribution < 1.29 is 4.28 Å². The molecule has 0 unspecified atom stereocenters. The Bertz CT molecular complexity index is 546. The molecule has 0 aromatic heterocycles. The summed E-state index contributed by atoms with van der Waals surface area (Å²) in [6, 6.07) is 9.93. The molecule has 26 heavy (non-hydrogen) atoms. The molecule has 150 valence electrons. The Labute approximate surface area is 166 Å². The van der Waals surface area contributed by atoms with E-state index < -0.39 is 0 Å². The van der Waals surface area contributed by atoms with Gasteiger partial charge < -0.3 is 0 Å². The first kappa shape index (κ1) is 18.6. The monoisotopic (exact) mass is 358 g/mol. The summed E-state index contributed by atoms with van der Waals surface area (Å²) in [7, 11) is 0. The molecule has 1 aromatic carbocycles. The van der Waals surface area contributed by atoms with Crippen molar-refractivity contribution >= 4 is 0 Å². The minimum atomic E-state index is 0. The van der Waals surface area contributed by atoms with E-state index in [1.165, 1.54) is 77.0 Å². The van der Waals surface area contributed by atoms with E-state index in [1.54, 1.807) is 11.1 Å². The second-order valence-electron chi connectivity index (χ2n) is 10.3. The van der Waals surface area contributed by atoms with Gasteiger partial charge in [-0.25, -0.2) is 0 Å². The first-order valence-electron chi connectivity index (χ1n) is 11.8. The lowest BCUT2D eigenvalue weighted by Gasteiger charge is -2.37. The summed E-state index contributed by atoms with van der Waals surface area (Å²) in [4.78, 5) is 0. The van der Waals surface area contributed by atoms with Crippen molar-refractivity contribution in [3.05, 3.63) is 35.4 Å². The molecule has 0 bridgehead atoms. The molecule has 0 nitrogen and oxygen atoms in total. The fourth-order valence-corrected chi connectivity index (χ4v) is 6.31. The summed E-state index contributed by atoms with van der Waals surface area (Å²) in [5.74, 6) is 5.73. The van der Waals surface area contributed by atoms with Gasteiger partial charge in [-0.2, -0.15) is 0 Å². The Morgan fingerprint density at radius 1 is 0.500 bits per heavy atom. The number of hydrogen-bond donors (Lipinski definition) is 0. The van der Waals surface area contributed by atoms with Crippen LogP contribution >= 0.6 is 0 Å². The summed E-state index contributed by atoms with van der Waals surface area (Å²) in [6.07, 6.45) is 17.6. The summed E-state index contributed by atoms with van der Waals surface area (Å²) >= 11 is 0. The van der Waals surface area contributed by atoms with Gasteiger partial charge in [0.25, 0.3) is 0 Å². The molecular weight excluding hydrogens is 312 g/mol. The second kappa shape index (κ2) is 8.49. The highest BCUT2D eigenvalue weighted by molar-refractivity contribution is 5.28. The van der Waals surface area contributed by atoms with Crippen molar-refractivity contribution in [1.82, 2.24) is 0 Å². The summed E-state index contributed by atoms with van der Waals surface area (Å²) in [5.41, 5.74) is 3.25. The highest BCUT2D eigenvalue weighted by Crippen LogP contribution is 2.44. The van der Waals surface area contributed by atoms with E-state index in [4.69, 9.17) is 0 Å². The predicted octanol–water partition coefficient (Wildman–Crippen LogP) is 8.82. The van der Waals surface area contributed by atoms with Crippen molar-refractivity contribution in [3.8, 4) is 0 Å². The van der Waals surface area contributed by atoms with Gasteiger partial charge in [-0.3, -0.25) is 0 Å². The molecule has 3 fully saturated rings. The summed E-state index contributed by atoms with van der Waals surface area (Å²) in [6.45, 7) is 4.87. The van der Waals surface area contributed by atoms with Crippen molar-refractivity contribution in [2.24, 2.45) is 23.7 Å². The third-order valence-electron chi connectivity index (χ3n) is 8.39. The molecule has 4 rings (SSSR count). The van der Waals surface area contributed by atoms with Gasteiger partial charge in [0.05, 0.1) is 0 Å². The van der Waals surface area contributed by atoms with E-state index in [1.807, 2.05) is 0 Å². The van der Waals surface area contributed by atoms with Gasteiger partial charge in [0.2, 0.25) is 0 Å². The molecule has 0 N–H and O–H groups in total. The van der Waals surface area contributed by atoms with E-state index in [2.05, 4.69) is 38.1 Å². The molecule has 3 aliphatic carbocycles. The molecule has 0 saturated heterocycles. The van der Waals surface area contributed by atoms with Gasteiger partial charge in [0, 0.05) is 4.28 Å². The lowest BCUT2D eigenvalue weighted by Crippen LogP contribution is -2.24. The lowest BCUT2D eigenvalue weighted by molar-refractivity contribution is 0.165. The van der Waals surface area contributed by atoms with Crippen LogP contribution in [0.4, 0.5) is 0 Å². The van der Waals surface area contributed by atoms with E-state index in [0.29, 0.717) is 0 Å². The maximum absolute atomic E-state index is 2.49. The summed E-state index contributed by atoms with van der Waals surface area (Å²) in [5, 5.41) is 0. The first-order valence-corrected chi connectivity index (χ1v) is 11.8. The average molecular weight is 359 g/mol. The number of hydrogen-bond acceptors (Lipinski definition) is 0. The normalized spacial score (nSPS) is 38.8. The molecule has 0 atom stereocenters. The van der Waals surface area contributed by atoms with Crippen molar-refractivity contribution in [1.29, 1.82) is 0 Å². The quantitative estimate of drug-likeness (QED) is 0.506. The second-order valence-corrected chi connectivity index (χ2v) is 10.3. The highest BCUT2D eigenvalue weighted by atomic mass is 14.4. The zero-order valence-electron chi connectivity index (χ0n) is 17.3. The summed E-state index contributed by atoms with van der Waals surface area (Å²) < 4.78 is 0. The average Bonchev–Trinajstić information content (AvgIpc) is 2.70.